The minimum absolute atomic E-state index is 0.118. The first-order valence-corrected chi connectivity index (χ1v) is 10.3. The maximum Gasteiger partial charge on any atom is 0.255 e. The Hall–Kier alpha value is -4.31. The molecule has 3 aromatic carbocycles. The second kappa shape index (κ2) is 9.90. The van der Waals surface area contributed by atoms with Gasteiger partial charge in [-0.15, -0.1) is 0 Å². The van der Waals surface area contributed by atoms with E-state index in [-0.39, 0.29) is 24.3 Å². The van der Waals surface area contributed by atoms with E-state index in [1.54, 1.807) is 6.07 Å². The highest BCUT2D eigenvalue weighted by atomic mass is 19.2. The highest BCUT2D eigenvalue weighted by Crippen LogP contribution is 2.28. The molecule has 1 heterocycles. The topological polar surface area (TPSA) is 91.3 Å². The van der Waals surface area contributed by atoms with E-state index in [0.29, 0.717) is 22.7 Å². The van der Waals surface area contributed by atoms with Crippen molar-refractivity contribution in [2.75, 3.05) is 23.8 Å². The fourth-order valence-electron chi connectivity index (χ4n) is 3.43. The predicted octanol–water partition coefficient (Wildman–Crippen LogP) is 4.68. The van der Waals surface area contributed by atoms with Gasteiger partial charge in [0, 0.05) is 29.1 Å². The third-order valence-corrected chi connectivity index (χ3v) is 5.10. The van der Waals surface area contributed by atoms with E-state index in [0.717, 1.165) is 12.1 Å². The lowest BCUT2D eigenvalue weighted by Crippen LogP contribution is -2.17. The van der Waals surface area contributed by atoms with Crippen LogP contribution in [0.4, 0.5) is 28.9 Å². The molecule has 0 aliphatic carbocycles. The van der Waals surface area contributed by atoms with E-state index >= 15 is 4.39 Å². The molecule has 1 amide bonds. The quantitative estimate of drug-likeness (QED) is 0.202. The summed E-state index contributed by atoms with van der Waals surface area (Å²) in [7, 11) is 0. The maximum absolute atomic E-state index is 15.2. The summed E-state index contributed by atoms with van der Waals surface area (Å²) in [6.45, 7) is 0.141. The Morgan fingerprint density at radius 2 is 1.71 bits per heavy atom. The van der Waals surface area contributed by atoms with Crippen LogP contribution in [0.3, 0.4) is 0 Å². The number of carbonyl (C=O) groups excluding carboxylic acids is 2. The first kappa shape index (κ1) is 23.8. The molecule has 178 valence electrons. The number of benzene rings is 3. The van der Waals surface area contributed by atoms with Gasteiger partial charge in [0.2, 0.25) is 0 Å². The molecule has 0 aliphatic rings. The van der Waals surface area contributed by atoms with Crippen LogP contribution in [0.15, 0.2) is 60.8 Å². The molecule has 35 heavy (non-hydrogen) atoms. The van der Waals surface area contributed by atoms with Crippen LogP contribution in [0.1, 0.15) is 26.3 Å². The van der Waals surface area contributed by atoms with Crippen molar-refractivity contribution in [2.24, 2.45) is 0 Å². The third kappa shape index (κ3) is 4.97. The molecule has 0 bridgehead atoms. The number of anilines is 2. The third-order valence-electron chi connectivity index (χ3n) is 5.10. The highest BCUT2D eigenvalue weighted by Gasteiger charge is 2.26. The number of pyridine rings is 1. The molecular weight excluding hydrogens is 466 g/mol. The Labute approximate surface area is 196 Å². The predicted molar refractivity (Wildman–Crippen MR) is 121 cm³/mol. The molecule has 0 fully saturated rings. The summed E-state index contributed by atoms with van der Waals surface area (Å²) in [5, 5.41) is 14.3. The number of aliphatic hydroxyl groups is 1. The Morgan fingerprint density at radius 1 is 0.914 bits per heavy atom. The number of hydrogen-bond acceptors (Lipinski definition) is 5. The van der Waals surface area contributed by atoms with Crippen molar-refractivity contribution in [1.82, 2.24) is 4.98 Å². The standard InChI is InChI=1S/C25H17F4N3O3/c26-16-3-1-2-14(9-16)25(35)32-20-11-18(27)22(28)21(23(20)29)24(34)13-4-5-19-15(8-13)10-17(12-31-19)30-6-7-33/h1-5,8-12,30,33H,6-7H2,(H,32,35). The largest absolute Gasteiger partial charge is 0.395 e. The van der Waals surface area contributed by atoms with Crippen molar-refractivity contribution in [1.29, 1.82) is 0 Å². The van der Waals surface area contributed by atoms with E-state index in [1.807, 2.05) is 5.32 Å². The Morgan fingerprint density at radius 3 is 2.46 bits per heavy atom. The maximum atomic E-state index is 15.2. The summed E-state index contributed by atoms with van der Waals surface area (Å²) in [6, 6.07) is 10.6. The van der Waals surface area contributed by atoms with Crippen LogP contribution < -0.4 is 10.6 Å². The summed E-state index contributed by atoms with van der Waals surface area (Å²) >= 11 is 0. The van der Waals surface area contributed by atoms with Crippen molar-refractivity contribution in [3.8, 4) is 0 Å². The number of rotatable bonds is 7. The van der Waals surface area contributed by atoms with Gasteiger partial charge in [0.05, 0.1) is 35.3 Å². The molecule has 4 aromatic rings. The summed E-state index contributed by atoms with van der Waals surface area (Å²) < 4.78 is 57.4. The second-order valence-corrected chi connectivity index (χ2v) is 7.48. The number of amides is 1. The molecule has 3 N–H and O–H groups in total. The number of fused-ring (bicyclic) bond motifs is 1. The van der Waals surface area contributed by atoms with Gasteiger partial charge in [0.1, 0.15) is 5.82 Å². The van der Waals surface area contributed by atoms with Crippen molar-refractivity contribution in [3.63, 3.8) is 0 Å². The van der Waals surface area contributed by atoms with Gasteiger partial charge in [0.25, 0.3) is 5.91 Å². The van der Waals surface area contributed by atoms with Crippen LogP contribution in [0.2, 0.25) is 0 Å². The van der Waals surface area contributed by atoms with Gasteiger partial charge >= 0.3 is 0 Å². The SMILES string of the molecule is O=C(Nc1cc(F)c(F)c(C(=O)c2ccc3ncc(NCCO)cc3c2)c1F)c1cccc(F)c1. The fourth-order valence-corrected chi connectivity index (χ4v) is 3.43. The Kier molecular flexibility index (Phi) is 6.74. The molecule has 0 atom stereocenters. The van der Waals surface area contributed by atoms with Crippen LogP contribution in [-0.2, 0) is 0 Å². The molecule has 4 rings (SSSR count). The number of hydrogen-bond donors (Lipinski definition) is 3. The molecule has 0 saturated carbocycles. The molecule has 1 aromatic heterocycles. The van der Waals surface area contributed by atoms with E-state index in [4.69, 9.17) is 5.11 Å². The normalized spacial score (nSPS) is 10.9. The van der Waals surface area contributed by atoms with E-state index in [9.17, 15) is 22.8 Å². The first-order valence-electron chi connectivity index (χ1n) is 10.3. The van der Waals surface area contributed by atoms with Crippen LogP contribution in [-0.4, -0.2) is 34.9 Å². The lowest BCUT2D eigenvalue weighted by molar-refractivity contribution is 0.101. The minimum Gasteiger partial charge on any atom is -0.395 e. The van der Waals surface area contributed by atoms with E-state index < -0.39 is 46.2 Å². The summed E-state index contributed by atoms with van der Waals surface area (Å²) in [4.78, 5) is 29.6. The monoisotopic (exact) mass is 483 g/mol. The number of ketones is 1. The lowest BCUT2D eigenvalue weighted by atomic mass is 9.99. The summed E-state index contributed by atoms with van der Waals surface area (Å²) in [5.41, 5.74) is -1.28. The average molecular weight is 483 g/mol. The van der Waals surface area contributed by atoms with Gasteiger partial charge in [0.15, 0.2) is 23.2 Å². The van der Waals surface area contributed by atoms with Gasteiger partial charge < -0.3 is 15.7 Å². The first-order chi connectivity index (χ1) is 16.8. The number of aliphatic hydroxyl groups excluding tert-OH is 1. The minimum atomic E-state index is -1.71. The van der Waals surface area contributed by atoms with Crippen LogP contribution in [0, 0.1) is 23.3 Å². The molecule has 0 radical (unpaired) electrons. The summed E-state index contributed by atoms with van der Waals surface area (Å²) in [6.07, 6.45) is 1.51. The number of carbonyl (C=O) groups is 2. The van der Waals surface area contributed by atoms with Gasteiger partial charge in [-0.25, -0.2) is 17.6 Å². The number of halogens is 4. The zero-order valence-corrected chi connectivity index (χ0v) is 17.9. The van der Waals surface area contributed by atoms with Crippen molar-refractivity contribution >= 4 is 34.0 Å². The molecule has 10 heteroatoms. The molecule has 0 spiro atoms. The molecule has 0 aliphatic heterocycles. The summed E-state index contributed by atoms with van der Waals surface area (Å²) in [5.74, 6) is -7.60. The smallest absolute Gasteiger partial charge is 0.255 e. The molecule has 0 unspecified atom stereocenters. The number of nitrogens with zero attached hydrogens (tertiary/aromatic N) is 1. The number of nitrogens with one attached hydrogen (secondary N) is 2. The molecular formula is C25H17F4N3O3. The van der Waals surface area contributed by atoms with E-state index in [1.165, 1.54) is 36.5 Å². The zero-order chi connectivity index (χ0) is 25.1. The Balaban J connectivity index is 1.71. The lowest BCUT2D eigenvalue weighted by Gasteiger charge is -2.12. The van der Waals surface area contributed by atoms with Crippen LogP contribution in [0.5, 0.6) is 0 Å². The van der Waals surface area contributed by atoms with Gasteiger partial charge in [-0.3, -0.25) is 14.6 Å². The van der Waals surface area contributed by atoms with Crippen molar-refractivity contribution in [3.05, 3.63) is 101 Å². The Bertz CT molecular complexity index is 1460. The average Bonchev–Trinajstić information content (AvgIpc) is 2.85. The van der Waals surface area contributed by atoms with E-state index in [2.05, 4.69) is 10.3 Å². The fraction of sp³-hybridized carbons (Fsp3) is 0.0800. The second-order valence-electron chi connectivity index (χ2n) is 7.48. The molecule has 6 nitrogen and oxygen atoms in total. The van der Waals surface area contributed by atoms with Crippen LogP contribution >= 0.6 is 0 Å². The van der Waals surface area contributed by atoms with Crippen molar-refractivity contribution < 1.29 is 32.3 Å². The highest BCUT2D eigenvalue weighted by molar-refractivity contribution is 6.12. The van der Waals surface area contributed by atoms with Gasteiger partial charge in [-0.05, 0) is 42.5 Å². The van der Waals surface area contributed by atoms with Gasteiger partial charge in [-0.2, -0.15) is 0 Å². The van der Waals surface area contributed by atoms with Gasteiger partial charge in [-0.1, -0.05) is 6.07 Å². The zero-order valence-electron chi connectivity index (χ0n) is 17.9. The van der Waals surface area contributed by atoms with Crippen LogP contribution in [0.25, 0.3) is 10.9 Å². The molecule has 0 saturated heterocycles. The van der Waals surface area contributed by atoms with Crippen molar-refractivity contribution in [2.45, 2.75) is 0 Å². The number of aromatic nitrogens is 1.